The minimum atomic E-state index is 0.728. The molecule has 0 radical (unpaired) electrons. The van der Waals surface area contributed by atoms with Crippen molar-refractivity contribution in [2.45, 2.75) is 20.3 Å². The molecule has 0 atom stereocenters. The maximum Gasteiger partial charge on any atom is 0.234 e. The van der Waals surface area contributed by atoms with Crippen LogP contribution in [0.2, 0.25) is 0 Å². The van der Waals surface area contributed by atoms with E-state index in [0.29, 0.717) is 0 Å². The minimum Gasteiger partial charge on any atom is -0.187 e. The zero-order chi connectivity index (χ0) is 17.2. The van der Waals surface area contributed by atoms with Crippen LogP contribution in [0.3, 0.4) is 0 Å². The van der Waals surface area contributed by atoms with E-state index in [1.54, 1.807) is 11.3 Å². The SMILES string of the molecule is Cc1ccc(/C=C/c2nn3c(Cc4ccccc4)nnc3s2)cc1C. The Hall–Kier alpha value is -2.79. The highest BCUT2D eigenvalue weighted by atomic mass is 32.1. The minimum absolute atomic E-state index is 0.728. The van der Waals surface area contributed by atoms with Gasteiger partial charge in [0.15, 0.2) is 5.82 Å². The number of hydrogen-bond acceptors (Lipinski definition) is 4. The molecule has 2 aromatic heterocycles. The summed E-state index contributed by atoms with van der Waals surface area (Å²) in [4.78, 5) is 0.825. The van der Waals surface area contributed by atoms with Gasteiger partial charge in [-0.2, -0.15) is 9.61 Å². The Bertz CT molecular complexity index is 1040. The molecule has 0 bridgehead atoms. The van der Waals surface area contributed by atoms with E-state index in [9.17, 15) is 0 Å². The summed E-state index contributed by atoms with van der Waals surface area (Å²) in [5.74, 6) is 0.864. The van der Waals surface area contributed by atoms with Gasteiger partial charge in [0.1, 0.15) is 5.01 Å². The Balaban J connectivity index is 1.59. The summed E-state index contributed by atoms with van der Waals surface area (Å²) < 4.78 is 1.84. The lowest BCUT2D eigenvalue weighted by Gasteiger charge is -2.00. The van der Waals surface area contributed by atoms with Gasteiger partial charge in [0.25, 0.3) is 0 Å². The van der Waals surface area contributed by atoms with Gasteiger partial charge in [0.05, 0.1) is 0 Å². The summed E-state index contributed by atoms with van der Waals surface area (Å²) in [6.07, 6.45) is 4.86. The molecule has 2 aromatic carbocycles. The van der Waals surface area contributed by atoms with Crippen LogP contribution in [0.1, 0.15) is 33.1 Å². The van der Waals surface area contributed by atoms with E-state index in [1.807, 2.05) is 28.8 Å². The third-order valence-electron chi connectivity index (χ3n) is 4.23. The molecule has 0 spiro atoms. The molecule has 4 nitrogen and oxygen atoms in total. The smallest absolute Gasteiger partial charge is 0.187 e. The van der Waals surface area contributed by atoms with Gasteiger partial charge in [-0.1, -0.05) is 65.9 Å². The second-order valence-corrected chi connectivity index (χ2v) is 7.08. The van der Waals surface area contributed by atoms with Gasteiger partial charge in [0, 0.05) is 6.42 Å². The molecule has 0 aliphatic carbocycles. The van der Waals surface area contributed by atoms with Crippen molar-refractivity contribution in [1.29, 1.82) is 0 Å². The van der Waals surface area contributed by atoms with Gasteiger partial charge in [0.2, 0.25) is 4.96 Å². The zero-order valence-electron chi connectivity index (χ0n) is 14.2. The fourth-order valence-corrected chi connectivity index (χ4v) is 3.42. The summed E-state index contributed by atoms with van der Waals surface area (Å²) >= 11 is 1.55. The molecule has 4 aromatic rings. The van der Waals surface area contributed by atoms with E-state index >= 15 is 0 Å². The molecule has 25 heavy (non-hydrogen) atoms. The normalized spacial score (nSPS) is 11.6. The van der Waals surface area contributed by atoms with E-state index in [2.05, 4.69) is 65.6 Å². The van der Waals surface area contributed by atoms with Crippen LogP contribution in [-0.2, 0) is 6.42 Å². The molecule has 0 saturated carbocycles. The van der Waals surface area contributed by atoms with E-state index in [0.717, 1.165) is 22.2 Å². The van der Waals surface area contributed by atoms with Crippen molar-refractivity contribution in [3.8, 4) is 0 Å². The number of nitrogens with zero attached hydrogens (tertiary/aromatic N) is 4. The van der Waals surface area contributed by atoms with Crippen LogP contribution in [0.5, 0.6) is 0 Å². The second-order valence-electron chi connectivity index (χ2n) is 6.09. The van der Waals surface area contributed by atoms with Gasteiger partial charge in [-0.25, -0.2) is 0 Å². The number of aryl methyl sites for hydroxylation is 2. The topological polar surface area (TPSA) is 43.1 Å². The average Bonchev–Trinajstić information content (AvgIpc) is 3.18. The molecule has 0 saturated heterocycles. The quantitative estimate of drug-likeness (QED) is 0.544. The second kappa shape index (κ2) is 6.61. The highest BCUT2D eigenvalue weighted by Crippen LogP contribution is 2.19. The monoisotopic (exact) mass is 346 g/mol. The predicted molar refractivity (Wildman–Crippen MR) is 103 cm³/mol. The van der Waals surface area contributed by atoms with Crippen LogP contribution >= 0.6 is 11.3 Å². The van der Waals surface area contributed by atoms with Gasteiger partial charge in [-0.05, 0) is 42.2 Å². The molecule has 0 N–H and O–H groups in total. The van der Waals surface area contributed by atoms with E-state index in [4.69, 9.17) is 0 Å². The molecule has 0 amide bonds. The molecule has 2 heterocycles. The first-order valence-electron chi connectivity index (χ1n) is 8.19. The molecular formula is C20H18N4S. The summed E-state index contributed by atoms with van der Waals surface area (Å²) in [6.45, 7) is 4.26. The number of rotatable bonds is 4. The van der Waals surface area contributed by atoms with Crippen molar-refractivity contribution in [1.82, 2.24) is 19.8 Å². The van der Waals surface area contributed by atoms with E-state index in [-0.39, 0.29) is 0 Å². The molecule has 0 aliphatic rings. The van der Waals surface area contributed by atoms with Crippen LogP contribution in [0.15, 0.2) is 48.5 Å². The molecule has 0 fully saturated rings. The Labute approximate surface area is 150 Å². The average molecular weight is 346 g/mol. The molecule has 5 heteroatoms. The maximum absolute atomic E-state index is 4.65. The van der Waals surface area contributed by atoms with Crippen LogP contribution in [0.4, 0.5) is 0 Å². The maximum atomic E-state index is 4.65. The highest BCUT2D eigenvalue weighted by molar-refractivity contribution is 7.17. The molecule has 0 aliphatic heterocycles. The lowest BCUT2D eigenvalue weighted by atomic mass is 10.1. The van der Waals surface area contributed by atoms with E-state index < -0.39 is 0 Å². The first-order chi connectivity index (χ1) is 12.2. The van der Waals surface area contributed by atoms with Crippen LogP contribution in [0.25, 0.3) is 17.1 Å². The lowest BCUT2D eigenvalue weighted by molar-refractivity contribution is 0.848. The fourth-order valence-electron chi connectivity index (χ4n) is 2.66. The number of benzene rings is 2. The third kappa shape index (κ3) is 3.37. The first kappa shape index (κ1) is 15.7. The summed E-state index contributed by atoms with van der Waals surface area (Å²) in [5.41, 5.74) is 4.99. The Morgan fingerprint density at radius 2 is 1.80 bits per heavy atom. The summed E-state index contributed by atoms with van der Waals surface area (Å²) in [6, 6.07) is 16.7. The largest absolute Gasteiger partial charge is 0.234 e. The van der Waals surface area contributed by atoms with Gasteiger partial charge in [-0.3, -0.25) is 0 Å². The number of hydrogen-bond donors (Lipinski definition) is 0. The van der Waals surface area contributed by atoms with Crippen molar-refractivity contribution >= 4 is 28.4 Å². The fraction of sp³-hybridized carbons (Fsp3) is 0.150. The number of aromatic nitrogens is 4. The lowest BCUT2D eigenvalue weighted by Crippen LogP contribution is -1.97. The summed E-state index contributed by atoms with van der Waals surface area (Å²) in [7, 11) is 0. The van der Waals surface area contributed by atoms with Crippen molar-refractivity contribution in [2.24, 2.45) is 0 Å². The number of fused-ring (bicyclic) bond motifs is 1. The third-order valence-corrected chi connectivity index (χ3v) is 5.09. The molecule has 0 unspecified atom stereocenters. The van der Waals surface area contributed by atoms with Crippen molar-refractivity contribution in [2.75, 3.05) is 0 Å². The van der Waals surface area contributed by atoms with Gasteiger partial charge >= 0.3 is 0 Å². The van der Waals surface area contributed by atoms with Crippen molar-refractivity contribution in [3.63, 3.8) is 0 Å². The Morgan fingerprint density at radius 1 is 0.960 bits per heavy atom. The van der Waals surface area contributed by atoms with Crippen LogP contribution in [0, 0.1) is 13.8 Å². The molecule has 124 valence electrons. The first-order valence-corrected chi connectivity index (χ1v) is 9.01. The highest BCUT2D eigenvalue weighted by Gasteiger charge is 2.10. The van der Waals surface area contributed by atoms with Crippen LogP contribution in [-0.4, -0.2) is 19.8 Å². The van der Waals surface area contributed by atoms with Crippen molar-refractivity contribution < 1.29 is 0 Å². The Kier molecular flexibility index (Phi) is 4.15. The van der Waals surface area contributed by atoms with Gasteiger partial charge in [-0.15, -0.1) is 10.2 Å². The van der Waals surface area contributed by atoms with Crippen molar-refractivity contribution in [3.05, 3.63) is 81.6 Å². The standard InChI is InChI=1S/C20H18N4S/c1-14-8-9-17(12-15(14)2)10-11-19-23-24-18(21-22-20(24)25-19)13-16-6-4-3-5-7-16/h3-12H,13H2,1-2H3/b11-10+. The molecular weight excluding hydrogens is 328 g/mol. The predicted octanol–water partition coefficient (Wildman–Crippen LogP) is 4.56. The van der Waals surface area contributed by atoms with E-state index in [1.165, 1.54) is 22.3 Å². The Morgan fingerprint density at radius 3 is 2.60 bits per heavy atom. The molecule has 4 rings (SSSR count). The zero-order valence-corrected chi connectivity index (χ0v) is 15.0. The van der Waals surface area contributed by atoms with Gasteiger partial charge < -0.3 is 0 Å². The summed E-state index contributed by atoms with van der Waals surface area (Å²) in [5, 5.41) is 14.1. The van der Waals surface area contributed by atoms with Crippen LogP contribution < -0.4 is 0 Å².